The average Bonchev–Trinajstić information content (AvgIpc) is 2.43. The maximum atomic E-state index is 5.94. The van der Waals surface area contributed by atoms with Crippen LogP contribution < -0.4 is 5.73 Å². The van der Waals surface area contributed by atoms with Crippen molar-refractivity contribution in [2.45, 2.75) is 31.4 Å². The molecule has 1 nitrogen and oxygen atoms in total. The maximum absolute atomic E-state index is 5.94. The zero-order chi connectivity index (χ0) is 13.4. The lowest BCUT2D eigenvalue weighted by Gasteiger charge is -2.06. The minimum atomic E-state index is 0.883. The van der Waals surface area contributed by atoms with Crippen LogP contribution in [-0.2, 0) is 5.75 Å². The van der Waals surface area contributed by atoms with Gasteiger partial charge in [-0.25, -0.2) is 0 Å². The van der Waals surface area contributed by atoms with Gasteiger partial charge in [-0.15, -0.1) is 11.8 Å². The number of hydrogen-bond donors (Lipinski definition) is 1. The number of rotatable bonds is 3. The molecular weight excluding hydrogens is 238 g/mol. The Kier molecular flexibility index (Phi) is 6.37. The summed E-state index contributed by atoms with van der Waals surface area (Å²) in [6, 6.07) is 16.6. The van der Waals surface area contributed by atoms with Crippen molar-refractivity contribution >= 4 is 17.4 Å². The van der Waals surface area contributed by atoms with Gasteiger partial charge in [-0.2, -0.15) is 0 Å². The first-order chi connectivity index (χ1) is 8.75. The molecule has 0 aliphatic carbocycles. The summed E-state index contributed by atoms with van der Waals surface area (Å²) >= 11 is 1.82. The molecule has 0 aliphatic rings. The average molecular weight is 259 g/mol. The second-order valence-electron chi connectivity index (χ2n) is 3.80. The molecule has 0 radical (unpaired) electrons. The van der Waals surface area contributed by atoms with Crippen molar-refractivity contribution < 1.29 is 0 Å². The van der Waals surface area contributed by atoms with Crippen LogP contribution in [0.1, 0.15) is 25.0 Å². The van der Waals surface area contributed by atoms with E-state index in [0.717, 1.165) is 11.4 Å². The molecule has 0 aliphatic heterocycles. The third-order valence-corrected chi connectivity index (χ3v) is 3.50. The highest BCUT2D eigenvalue weighted by molar-refractivity contribution is 7.98. The zero-order valence-electron chi connectivity index (χ0n) is 11.3. The molecule has 0 unspecified atom stereocenters. The number of thioether (sulfide) groups is 1. The third-order valence-electron chi connectivity index (χ3n) is 2.44. The molecule has 2 heteroatoms. The van der Waals surface area contributed by atoms with Gasteiger partial charge in [0.05, 0.1) is 0 Å². The van der Waals surface area contributed by atoms with Gasteiger partial charge in [0.25, 0.3) is 0 Å². The van der Waals surface area contributed by atoms with Crippen LogP contribution in [0.3, 0.4) is 0 Å². The fourth-order valence-electron chi connectivity index (χ4n) is 1.54. The minimum absolute atomic E-state index is 0.883. The van der Waals surface area contributed by atoms with Gasteiger partial charge < -0.3 is 5.73 Å². The fraction of sp³-hybridized carbons (Fsp3) is 0.250. The minimum Gasteiger partial charge on any atom is -0.398 e. The molecule has 0 fully saturated rings. The molecule has 2 rings (SSSR count). The van der Waals surface area contributed by atoms with Gasteiger partial charge in [-0.3, -0.25) is 0 Å². The monoisotopic (exact) mass is 259 g/mol. The number of hydrogen-bond acceptors (Lipinski definition) is 2. The summed E-state index contributed by atoms with van der Waals surface area (Å²) in [6.45, 7) is 6.09. The van der Waals surface area contributed by atoms with E-state index in [2.05, 4.69) is 37.3 Å². The molecule has 0 saturated carbocycles. The van der Waals surface area contributed by atoms with Crippen LogP contribution >= 0.6 is 11.8 Å². The van der Waals surface area contributed by atoms with Crippen LogP contribution in [0.2, 0.25) is 0 Å². The molecule has 0 aromatic heterocycles. The molecule has 0 spiro atoms. The summed E-state index contributed by atoms with van der Waals surface area (Å²) in [5.74, 6) is 0.928. The highest BCUT2D eigenvalue weighted by atomic mass is 32.2. The first-order valence-electron chi connectivity index (χ1n) is 6.28. The number of nitrogens with two attached hydrogens (primary N) is 1. The van der Waals surface area contributed by atoms with Gasteiger partial charge in [0.2, 0.25) is 0 Å². The van der Waals surface area contributed by atoms with E-state index in [0.29, 0.717) is 0 Å². The predicted molar refractivity (Wildman–Crippen MR) is 82.9 cm³/mol. The highest BCUT2D eigenvalue weighted by Crippen LogP contribution is 2.25. The van der Waals surface area contributed by atoms with E-state index in [1.54, 1.807) is 0 Å². The van der Waals surface area contributed by atoms with Crippen molar-refractivity contribution in [3.8, 4) is 0 Å². The smallest absolute Gasteiger partial charge is 0.0355 e. The van der Waals surface area contributed by atoms with Gasteiger partial charge in [-0.1, -0.05) is 49.7 Å². The first-order valence-corrected chi connectivity index (χ1v) is 7.27. The Morgan fingerprint density at radius 1 is 1.00 bits per heavy atom. The Morgan fingerprint density at radius 2 is 1.67 bits per heavy atom. The number of anilines is 1. The molecule has 18 heavy (non-hydrogen) atoms. The van der Waals surface area contributed by atoms with Gasteiger partial charge in [-0.05, 0) is 30.7 Å². The van der Waals surface area contributed by atoms with E-state index in [-0.39, 0.29) is 0 Å². The van der Waals surface area contributed by atoms with Gasteiger partial charge in [0.15, 0.2) is 0 Å². The number of nitrogen functional groups attached to an aromatic ring is 1. The molecule has 2 aromatic carbocycles. The lowest BCUT2D eigenvalue weighted by Crippen LogP contribution is -1.93. The van der Waals surface area contributed by atoms with Crippen molar-refractivity contribution in [3.63, 3.8) is 0 Å². The van der Waals surface area contributed by atoms with Gasteiger partial charge in [0, 0.05) is 16.3 Å². The number of benzene rings is 2. The molecule has 2 N–H and O–H groups in total. The highest BCUT2D eigenvalue weighted by Gasteiger charge is 2.00. The molecule has 2 aromatic rings. The van der Waals surface area contributed by atoms with Crippen LogP contribution in [0.15, 0.2) is 53.4 Å². The number of aryl methyl sites for hydroxylation is 1. The quantitative estimate of drug-likeness (QED) is 0.627. The molecule has 0 saturated heterocycles. The van der Waals surface area contributed by atoms with E-state index in [9.17, 15) is 0 Å². The molecule has 0 amide bonds. The Morgan fingerprint density at radius 3 is 2.33 bits per heavy atom. The largest absolute Gasteiger partial charge is 0.398 e. The summed E-state index contributed by atoms with van der Waals surface area (Å²) in [4.78, 5) is 1.28. The van der Waals surface area contributed by atoms with Crippen molar-refractivity contribution in [2.75, 3.05) is 5.73 Å². The van der Waals surface area contributed by atoms with E-state index in [1.165, 1.54) is 16.0 Å². The van der Waals surface area contributed by atoms with Gasteiger partial charge >= 0.3 is 0 Å². The van der Waals surface area contributed by atoms with E-state index >= 15 is 0 Å². The molecular formula is C16H21NS. The molecule has 0 heterocycles. The Labute approximate surface area is 114 Å². The van der Waals surface area contributed by atoms with Crippen molar-refractivity contribution in [3.05, 3.63) is 59.7 Å². The van der Waals surface area contributed by atoms with Crippen molar-refractivity contribution in [1.82, 2.24) is 0 Å². The zero-order valence-corrected chi connectivity index (χ0v) is 12.1. The van der Waals surface area contributed by atoms with Crippen LogP contribution in [0.4, 0.5) is 5.69 Å². The second-order valence-corrected chi connectivity index (χ2v) is 4.85. The summed E-state index contributed by atoms with van der Waals surface area (Å²) < 4.78 is 0. The Hall–Kier alpha value is -1.41. The van der Waals surface area contributed by atoms with Gasteiger partial charge in [0.1, 0.15) is 0 Å². The van der Waals surface area contributed by atoms with Crippen LogP contribution in [0.5, 0.6) is 0 Å². The van der Waals surface area contributed by atoms with E-state index in [1.807, 2.05) is 43.8 Å². The van der Waals surface area contributed by atoms with E-state index < -0.39 is 0 Å². The summed E-state index contributed by atoms with van der Waals surface area (Å²) in [5, 5.41) is 0. The maximum Gasteiger partial charge on any atom is 0.0355 e. The Balaban J connectivity index is 0.000000771. The summed E-state index contributed by atoms with van der Waals surface area (Å²) in [7, 11) is 0. The lowest BCUT2D eigenvalue weighted by atomic mass is 10.1. The van der Waals surface area contributed by atoms with Crippen molar-refractivity contribution in [2.24, 2.45) is 0 Å². The van der Waals surface area contributed by atoms with Crippen molar-refractivity contribution in [1.29, 1.82) is 0 Å². The second kappa shape index (κ2) is 7.83. The first kappa shape index (κ1) is 14.7. The topological polar surface area (TPSA) is 26.0 Å². The standard InChI is InChI=1S/C14H15NS.C2H6/c1-11-7-8-14(15)12(9-11)10-16-13-5-3-2-4-6-13;1-2/h2-9H,10,15H2,1H3;1-2H3. The van der Waals surface area contributed by atoms with Crippen LogP contribution in [0.25, 0.3) is 0 Å². The summed E-state index contributed by atoms with van der Waals surface area (Å²) in [6.07, 6.45) is 0. The molecule has 96 valence electrons. The molecule has 0 bridgehead atoms. The summed E-state index contributed by atoms with van der Waals surface area (Å²) in [5.41, 5.74) is 9.30. The fourth-order valence-corrected chi connectivity index (χ4v) is 2.46. The normalized spacial score (nSPS) is 9.50. The van der Waals surface area contributed by atoms with Crippen LogP contribution in [-0.4, -0.2) is 0 Å². The van der Waals surface area contributed by atoms with E-state index in [4.69, 9.17) is 5.73 Å². The molecule has 0 atom stereocenters. The lowest BCUT2D eigenvalue weighted by molar-refractivity contribution is 1.34. The third kappa shape index (κ3) is 4.46. The predicted octanol–water partition coefficient (Wildman–Crippen LogP) is 4.90. The SMILES string of the molecule is CC.Cc1ccc(N)c(CSc2ccccc2)c1. The van der Waals surface area contributed by atoms with Crippen LogP contribution in [0, 0.1) is 6.92 Å². The Bertz CT molecular complexity index is 466.